The highest BCUT2D eigenvalue weighted by Gasteiger charge is 2.25. The predicted octanol–water partition coefficient (Wildman–Crippen LogP) is -0.552. The lowest BCUT2D eigenvalue weighted by Gasteiger charge is -2.19. The molecule has 0 radical (unpaired) electrons. The van der Waals surface area contributed by atoms with Crippen LogP contribution in [0.1, 0.15) is 6.42 Å². The van der Waals surface area contributed by atoms with Gasteiger partial charge in [-0.25, -0.2) is 4.79 Å². The molecule has 14 heavy (non-hydrogen) atoms. The summed E-state index contributed by atoms with van der Waals surface area (Å²) < 4.78 is 0. The number of hydrogen-bond acceptors (Lipinski definition) is 3. The summed E-state index contributed by atoms with van der Waals surface area (Å²) >= 11 is 0. The summed E-state index contributed by atoms with van der Waals surface area (Å²) in [6.45, 7) is 5.12. The van der Waals surface area contributed by atoms with Gasteiger partial charge in [0.2, 0.25) is 5.91 Å². The summed E-state index contributed by atoms with van der Waals surface area (Å²) in [5.74, 6) is -1.20. The maximum Gasteiger partial charge on any atom is 0.327 e. The average molecular weight is 198 g/mol. The van der Waals surface area contributed by atoms with Gasteiger partial charge in [0.25, 0.3) is 0 Å². The molecule has 1 saturated heterocycles. The Balaban J connectivity index is 2.63. The Morgan fingerprint density at radius 3 is 3.07 bits per heavy atom. The minimum atomic E-state index is -0.991. The number of nitrogens with zero attached hydrogens (tertiary/aromatic N) is 1. The van der Waals surface area contributed by atoms with Crippen LogP contribution in [0.5, 0.6) is 0 Å². The molecule has 0 spiro atoms. The normalized spacial score (nSPS) is 23.7. The summed E-state index contributed by atoms with van der Waals surface area (Å²) in [5, 5.41) is 11.3. The number of carbonyl (C=O) groups excluding carboxylic acids is 1. The van der Waals surface area contributed by atoms with E-state index in [1.165, 1.54) is 0 Å². The fourth-order valence-corrected chi connectivity index (χ4v) is 1.41. The van der Waals surface area contributed by atoms with Crippen molar-refractivity contribution in [2.24, 2.45) is 0 Å². The molecule has 1 unspecified atom stereocenters. The van der Waals surface area contributed by atoms with Crippen molar-refractivity contribution in [3.8, 4) is 0 Å². The summed E-state index contributed by atoms with van der Waals surface area (Å²) in [6.07, 6.45) is 2.05. The maximum absolute atomic E-state index is 11.1. The van der Waals surface area contributed by atoms with Gasteiger partial charge < -0.3 is 10.4 Å². The number of rotatable bonds is 3. The van der Waals surface area contributed by atoms with Crippen LogP contribution in [0.25, 0.3) is 0 Å². The molecule has 0 bridgehead atoms. The van der Waals surface area contributed by atoms with Gasteiger partial charge in [0.15, 0.2) is 0 Å². The van der Waals surface area contributed by atoms with Crippen molar-refractivity contribution >= 4 is 11.9 Å². The van der Waals surface area contributed by atoms with E-state index in [9.17, 15) is 9.59 Å². The first-order chi connectivity index (χ1) is 6.63. The van der Waals surface area contributed by atoms with Crippen LogP contribution in [-0.2, 0) is 9.59 Å². The quantitative estimate of drug-likeness (QED) is 0.597. The van der Waals surface area contributed by atoms with Crippen LogP contribution < -0.4 is 5.32 Å². The van der Waals surface area contributed by atoms with Gasteiger partial charge in [0.05, 0.1) is 0 Å². The Labute approximate surface area is 82.4 Å². The largest absolute Gasteiger partial charge is 0.480 e. The molecule has 0 aromatic heterocycles. The van der Waals surface area contributed by atoms with Crippen LogP contribution in [0, 0.1) is 0 Å². The molecule has 1 aliphatic rings. The molecule has 1 atom stereocenters. The number of aliphatic carboxylic acids is 1. The fourth-order valence-electron chi connectivity index (χ4n) is 1.41. The zero-order valence-electron chi connectivity index (χ0n) is 7.90. The summed E-state index contributed by atoms with van der Waals surface area (Å²) in [4.78, 5) is 23.7. The fraction of sp³-hybridized carbons (Fsp3) is 0.556. The number of amides is 1. The van der Waals surface area contributed by atoms with E-state index in [0.29, 0.717) is 26.1 Å². The molecule has 1 rings (SSSR count). The smallest absolute Gasteiger partial charge is 0.327 e. The number of carbonyl (C=O) groups is 2. The minimum Gasteiger partial charge on any atom is -0.480 e. The molecule has 78 valence electrons. The highest BCUT2D eigenvalue weighted by Crippen LogP contribution is 2.01. The molecule has 1 fully saturated rings. The molecule has 0 aromatic carbocycles. The Bertz CT molecular complexity index is 252. The van der Waals surface area contributed by atoms with Crippen molar-refractivity contribution in [2.45, 2.75) is 12.5 Å². The van der Waals surface area contributed by atoms with Gasteiger partial charge in [-0.3, -0.25) is 9.69 Å². The first kappa shape index (κ1) is 10.7. The van der Waals surface area contributed by atoms with Gasteiger partial charge in [-0.15, -0.1) is 6.58 Å². The highest BCUT2D eigenvalue weighted by atomic mass is 16.4. The van der Waals surface area contributed by atoms with Crippen LogP contribution >= 0.6 is 0 Å². The Morgan fingerprint density at radius 2 is 2.50 bits per heavy atom. The second-order valence-electron chi connectivity index (χ2n) is 3.26. The van der Waals surface area contributed by atoms with Gasteiger partial charge in [-0.2, -0.15) is 0 Å². The molecule has 0 aromatic rings. The van der Waals surface area contributed by atoms with E-state index in [4.69, 9.17) is 5.11 Å². The minimum absolute atomic E-state index is 0.205. The second kappa shape index (κ2) is 4.76. The number of hydrogen-bond donors (Lipinski definition) is 2. The zero-order valence-corrected chi connectivity index (χ0v) is 7.90. The van der Waals surface area contributed by atoms with Gasteiger partial charge in [0, 0.05) is 26.1 Å². The molecular weight excluding hydrogens is 184 g/mol. The molecule has 2 N–H and O–H groups in total. The van der Waals surface area contributed by atoms with Gasteiger partial charge in [-0.1, -0.05) is 6.08 Å². The highest BCUT2D eigenvalue weighted by molar-refractivity contribution is 5.84. The lowest BCUT2D eigenvalue weighted by atomic mass is 10.3. The summed E-state index contributed by atoms with van der Waals surface area (Å²) in [5.41, 5.74) is 0. The Morgan fingerprint density at radius 1 is 1.79 bits per heavy atom. The number of carboxylic acids is 1. The van der Waals surface area contributed by atoms with Crippen LogP contribution in [-0.4, -0.2) is 47.6 Å². The van der Waals surface area contributed by atoms with Gasteiger partial charge in [-0.05, 0) is 0 Å². The Hall–Kier alpha value is -1.36. The van der Waals surface area contributed by atoms with Crippen molar-refractivity contribution in [1.29, 1.82) is 0 Å². The third-order valence-corrected chi connectivity index (χ3v) is 2.12. The van der Waals surface area contributed by atoms with Crippen molar-refractivity contribution in [2.75, 3.05) is 19.6 Å². The van der Waals surface area contributed by atoms with E-state index in [-0.39, 0.29) is 5.91 Å². The van der Waals surface area contributed by atoms with Crippen LogP contribution in [0.4, 0.5) is 0 Å². The lowest BCUT2D eigenvalue weighted by Crippen LogP contribution is -2.44. The maximum atomic E-state index is 11.1. The molecular formula is C9H14N2O3. The molecule has 1 aliphatic heterocycles. The molecule has 5 nitrogen and oxygen atoms in total. The standard InChI is InChI=1S/C9H14N2O3/c1-2-4-11-5-3-8(12)10-7(6-11)9(13)14/h2,7H,1,3-6H2,(H,10,12)(H,13,14). The van der Waals surface area contributed by atoms with E-state index in [1.807, 2.05) is 4.90 Å². The van der Waals surface area contributed by atoms with Crippen molar-refractivity contribution < 1.29 is 14.7 Å². The van der Waals surface area contributed by atoms with Crippen molar-refractivity contribution in [1.82, 2.24) is 10.2 Å². The molecule has 0 saturated carbocycles. The van der Waals surface area contributed by atoms with Gasteiger partial charge >= 0.3 is 5.97 Å². The lowest BCUT2D eigenvalue weighted by molar-refractivity contribution is -0.141. The molecule has 5 heteroatoms. The monoisotopic (exact) mass is 198 g/mol. The third kappa shape index (κ3) is 2.85. The van der Waals surface area contributed by atoms with Crippen LogP contribution in [0.2, 0.25) is 0 Å². The van der Waals surface area contributed by atoms with Crippen molar-refractivity contribution in [3.63, 3.8) is 0 Å². The third-order valence-electron chi connectivity index (χ3n) is 2.12. The van der Waals surface area contributed by atoms with E-state index >= 15 is 0 Å². The topological polar surface area (TPSA) is 69.6 Å². The summed E-state index contributed by atoms with van der Waals surface area (Å²) in [7, 11) is 0. The molecule has 0 aliphatic carbocycles. The van der Waals surface area contributed by atoms with E-state index < -0.39 is 12.0 Å². The molecule has 1 amide bonds. The van der Waals surface area contributed by atoms with Crippen LogP contribution in [0.3, 0.4) is 0 Å². The van der Waals surface area contributed by atoms with E-state index in [2.05, 4.69) is 11.9 Å². The zero-order chi connectivity index (χ0) is 10.6. The summed E-state index contributed by atoms with van der Waals surface area (Å²) in [6, 6.07) is -0.801. The molecule has 1 heterocycles. The number of nitrogens with one attached hydrogen (secondary N) is 1. The number of carboxylic acid groups (broad SMARTS) is 1. The van der Waals surface area contributed by atoms with Gasteiger partial charge in [0.1, 0.15) is 6.04 Å². The SMILES string of the molecule is C=CCN1CCC(=O)NC(C(=O)O)C1. The average Bonchev–Trinajstić information content (AvgIpc) is 2.29. The van der Waals surface area contributed by atoms with E-state index in [0.717, 1.165) is 0 Å². The first-order valence-electron chi connectivity index (χ1n) is 4.49. The van der Waals surface area contributed by atoms with Crippen molar-refractivity contribution in [3.05, 3.63) is 12.7 Å². The van der Waals surface area contributed by atoms with E-state index in [1.54, 1.807) is 6.08 Å². The second-order valence-corrected chi connectivity index (χ2v) is 3.26. The first-order valence-corrected chi connectivity index (χ1v) is 4.49. The predicted molar refractivity (Wildman–Crippen MR) is 50.8 cm³/mol. The van der Waals surface area contributed by atoms with Crippen LogP contribution in [0.15, 0.2) is 12.7 Å². The Kier molecular flexibility index (Phi) is 3.64.